The molecule has 0 unspecified atom stereocenters. The summed E-state index contributed by atoms with van der Waals surface area (Å²) >= 11 is 1.94. The fraction of sp³-hybridized carbons (Fsp3) is 0.909. The number of amides is 1. The van der Waals surface area contributed by atoms with Gasteiger partial charge in [-0.25, -0.2) is 0 Å². The summed E-state index contributed by atoms with van der Waals surface area (Å²) in [7, 11) is 0. The van der Waals surface area contributed by atoms with E-state index in [4.69, 9.17) is 0 Å². The van der Waals surface area contributed by atoms with Gasteiger partial charge in [-0.05, 0) is 30.8 Å². The molecular formula is C11H21NOS. The first-order chi connectivity index (χ1) is 6.84. The van der Waals surface area contributed by atoms with E-state index in [1.165, 1.54) is 24.3 Å². The fourth-order valence-electron chi connectivity index (χ4n) is 1.86. The minimum atomic E-state index is 0.295. The lowest BCUT2D eigenvalue weighted by atomic mass is 10.1. The Hall–Kier alpha value is -0.180. The Bertz CT molecular complexity index is 167. The van der Waals surface area contributed by atoms with Crippen LogP contribution >= 0.6 is 11.8 Å². The van der Waals surface area contributed by atoms with Crippen LogP contribution in [0.5, 0.6) is 0 Å². The van der Waals surface area contributed by atoms with Gasteiger partial charge < -0.3 is 5.32 Å². The summed E-state index contributed by atoms with van der Waals surface area (Å²) in [5, 5.41) is 3.03. The average Bonchev–Trinajstić information content (AvgIpc) is 2.70. The topological polar surface area (TPSA) is 29.1 Å². The third kappa shape index (κ3) is 4.36. The van der Waals surface area contributed by atoms with Crippen molar-refractivity contribution in [3.05, 3.63) is 0 Å². The molecule has 1 amide bonds. The summed E-state index contributed by atoms with van der Waals surface area (Å²) in [4.78, 5) is 11.6. The molecule has 0 bridgehead atoms. The van der Waals surface area contributed by atoms with Crippen LogP contribution in [0.3, 0.4) is 0 Å². The number of carbonyl (C=O) groups excluding carboxylic acids is 1. The molecule has 0 aliphatic heterocycles. The maximum Gasteiger partial charge on any atom is 0.223 e. The molecule has 1 rings (SSSR count). The van der Waals surface area contributed by atoms with E-state index < -0.39 is 0 Å². The predicted molar refractivity (Wildman–Crippen MR) is 62.6 cm³/mol. The van der Waals surface area contributed by atoms with E-state index in [1.54, 1.807) is 0 Å². The van der Waals surface area contributed by atoms with Crippen molar-refractivity contribution in [3.63, 3.8) is 0 Å². The van der Waals surface area contributed by atoms with Crippen molar-refractivity contribution >= 4 is 17.7 Å². The van der Waals surface area contributed by atoms with Crippen molar-refractivity contribution in [1.29, 1.82) is 0 Å². The molecule has 1 fully saturated rings. The van der Waals surface area contributed by atoms with Gasteiger partial charge >= 0.3 is 0 Å². The van der Waals surface area contributed by atoms with Gasteiger partial charge in [0.05, 0.1) is 0 Å². The first-order valence-electron chi connectivity index (χ1n) is 5.70. The molecule has 0 atom stereocenters. The van der Waals surface area contributed by atoms with Crippen LogP contribution < -0.4 is 5.32 Å². The summed E-state index contributed by atoms with van der Waals surface area (Å²) in [6, 6.07) is 0. The summed E-state index contributed by atoms with van der Waals surface area (Å²) in [6.45, 7) is 3.03. The number of rotatable bonds is 6. The van der Waals surface area contributed by atoms with Crippen molar-refractivity contribution < 1.29 is 4.79 Å². The van der Waals surface area contributed by atoms with Gasteiger partial charge in [-0.1, -0.05) is 19.8 Å². The molecule has 1 saturated carbocycles. The van der Waals surface area contributed by atoms with Gasteiger partial charge in [0.25, 0.3) is 0 Å². The van der Waals surface area contributed by atoms with Crippen LogP contribution in [-0.4, -0.2) is 24.0 Å². The lowest BCUT2D eigenvalue weighted by molar-refractivity contribution is -0.124. The first kappa shape index (κ1) is 11.9. The maximum absolute atomic E-state index is 11.6. The van der Waals surface area contributed by atoms with E-state index in [-0.39, 0.29) is 0 Å². The second-order valence-corrected chi connectivity index (χ2v) is 5.22. The average molecular weight is 215 g/mol. The fourth-order valence-corrected chi connectivity index (χ4v) is 2.50. The van der Waals surface area contributed by atoms with Crippen molar-refractivity contribution in [2.75, 3.05) is 18.1 Å². The standard InChI is InChI=1S/C11H21NOS/c1-2-14-9-5-8-12-11(13)10-6-3-4-7-10/h10H,2-9H2,1H3,(H,12,13). The molecule has 0 aromatic carbocycles. The van der Waals surface area contributed by atoms with E-state index in [0.29, 0.717) is 11.8 Å². The molecule has 2 nitrogen and oxygen atoms in total. The SMILES string of the molecule is CCSCCCNC(=O)C1CCCC1. The van der Waals surface area contributed by atoms with Gasteiger partial charge in [-0.3, -0.25) is 4.79 Å². The second-order valence-electron chi connectivity index (χ2n) is 3.82. The van der Waals surface area contributed by atoms with Gasteiger partial charge in [0.2, 0.25) is 5.91 Å². The Kier molecular flexibility index (Phi) is 6.08. The Morgan fingerprint density at radius 2 is 2.14 bits per heavy atom. The van der Waals surface area contributed by atoms with E-state index in [1.807, 2.05) is 11.8 Å². The molecule has 14 heavy (non-hydrogen) atoms. The third-order valence-electron chi connectivity index (χ3n) is 2.69. The summed E-state index contributed by atoms with van der Waals surface area (Å²) < 4.78 is 0. The van der Waals surface area contributed by atoms with Gasteiger partial charge in [0.1, 0.15) is 0 Å². The quantitative estimate of drug-likeness (QED) is 0.690. The molecule has 0 aromatic heterocycles. The van der Waals surface area contributed by atoms with Crippen LogP contribution in [0, 0.1) is 5.92 Å². The molecule has 0 spiro atoms. The van der Waals surface area contributed by atoms with Crippen molar-refractivity contribution in [3.8, 4) is 0 Å². The maximum atomic E-state index is 11.6. The molecule has 0 radical (unpaired) electrons. The van der Waals surface area contributed by atoms with Crippen LogP contribution in [-0.2, 0) is 4.79 Å². The van der Waals surface area contributed by atoms with Crippen LogP contribution in [0.4, 0.5) is 0 Å². The minimum Gasteiger partial charge on any atom is -0.356 e. The Balaban J connectivity index is 1.97. The van der Waals surface area contributed by atoms with Gasteiger partial charge in [0, 0.05) is 12.5 Å². The zero-order valence-electron chi connectivity index (χ0n) is 9.05. The van der Waals surface area contributed by atoms with E-state index >= 15 is 0 Å². The highest BCUT2D eigenvalue weighted by atomic mass is 32.2. The molecule has 1 N–H and O–H groups in total. The highest BCUT2D eigenvalue weighted by Gasteiger charge is 2.21. The first-order valence-corrected chi connectivity index (χ1v) is 6.85. The molecule has 1 aliphatic carbocycles. The molecule has 0 saturated heterocycles. The number of hydrogen-bond acceptors (Lipinski definition) is 2. The van der Waals surface area contributed by atoms with Crippen molar-refractivity contribution in [1.82, 2.24) is 5.32 Å². The second kappa shape index (κ2) is 7.16. The Labute approximate surface area is 91.2 Å². The van der Waals surface area contributed by atoms with Crippen LogP contribution in [0.25, 0.3) is 0 Å². The zero-order chi connectivity index (χ0) is 10.2. The van der Waals surface area contributed by atoms with Crippen LogP contribution in [0.2, 0.25) is 0 Å². The summed E-state index contributed by atoms with van der Waals surface area (Å²) in [5.41, 5.74) is 0. The van der Waals surface area contributed by atoms with E-state index in [9.17, 15) is 4.79 Å². The monoisotopic (exact) mass is 215 g/mol. The van der Waals surface area contributed by atoms with E-state index in [2.05, 4.69) is 12.2 Å². The summed E-state index contributed by atoms with van der Waals surface area (Å²) in [6.07, 6.45) is 5.80. The number of hydrogen-bond donors (Lipinski definition) is 1. The van der Waals surface area contributed by atoms with Crippen LogP contribution in [0.1, 0.15) is 39.0 Å². The highest BCUT2D eigenvalue weighted by molar-refractivity contribution is 7.99. The normalized spacial score (nSPS) is 17.2. The number of nitrogens with one attached hydrogen (secondary N) is 1. The molecule has 0 heterocycles. The lowest BCUT2D eigenvalue weighted by Gasteiger charge is -2.09. The third-order valence-corrected chi connectivity index (χ3v) is 3.68. The molecule has 1 aliphatic rings. The molecule has 0 aromatic rings. The summed E-state index contributed by atoms with van der Waals surface area (Å²) in [5.74, 6) is 2.97. The smallest absolute Gasteiger partial charge is 0.223 e. The minimum absolute atomic E-state index is 0.295. The molecule has 82 valence electrons. The van der Waals surface area contributed by atoms with Crippen molar-refractivity contribution in [2.45, 2.75) is 39.0 Å². The van der Waals surface area contributed by atoms with Gasteiger partial charge in [-0.15, -0.1) is 0 Å². The predicted octanol–water partition coefficient (Wildman–Crippen LogP) is 2.44. The van der Waals surface area contributed by atoms with Gasteiger partial charge in [-0.2, -0.15) is 11.8 Å². The molecular weight excluding hydrogens is 194 g/mol. The molecule has 3 heteroatoms. The zero-order valence-corrected chi connectivity index (χ0v) is 9.87. The van der Waals surface area contributed by atoms with Gasteiger partial charge in [0.15, 0.2) is 0 Å². The largest absolute Gasteiger partial charge is 0.356 e. The van der Waals surface area contributed by atoms with Crippen LogP contribution in [0.15, 0.2) is 0 Å². The number of thioether (sulfide) groups is 1. The Morgan fingerprint density at radius 3 is 2.79 bits per heavy atom. The van der Waals surface area contributed by atoms with E-state index in [0.717, 1.165) is 25.8 Å². The lowest BCUT2D eigenvalue weighted by Crippen LogP contribution is -2.30. The van der Waals surface area contributed by atoms with Crippen molar-refractivity contribution in [2.24, 2.45) is 5.92 Å². The number of carbonyl (C=O) groups is 1. The Morgan fingerprint density at radius 1 is 1.43 bits per heavy atom. The highest BCUT2D eigenvalue weighted by Crippen LogP contribution is 2.24.